The number of aliphatic carboxylic acids is 1. The molecule has 2 unspecified atom stereocenters. The number of carboxylic acid groups (broad SMARTS) is 1. The number of piperidine rings is 1. The summed E-state index contributed by atoms with van der Waals surface area (Å²) in [6.07, 6.45) is 3.56. The van der Waals surface area contributed by atoms with Gasteiger partial charge in [0.2, 0.25) is 0 Å². The maximum Gasteiger partial charge on any atom is 0.317 e. The monoisotopic (exact) mass is 310 g/mol. The predicted octanol–water partition coefficient (Wildman–Crippen LogP) is 2.72. The van der Waals surface area contributed by atoms with Gasteiger partial charge in [0, 0.05) is 29.9 Å². The minimum Gasteiger partial charge on any atom is -0.481 e. The molecule has 1 aromatic rings. The van der Waals surface area contributed by atoms with Crippen LogP contribution in [0.4, 0.5) is 4.79 Å². The molecule has 1 aliphatic rings. The molecule has 1 saturated heterocycles. The number of amides is 2. The van der Waals surface area contributed by atoms with E-state index < -0.39 is 5.97 Å². The number of thiophene rings is 1. The zero-order chi connectivity index (χ0) is 15.2. The number of hydrogen-bond donors (Lipinski definition) is 2. The lowest BCUT2D eigenvalue weighted by Gasteiger charge is -2.35. The van der Waals surface area contributed by atoms with Gasteiger partial charge in [-0.3, -0.25) is 4.79 Å². The van der Waals surface area contributed by atoms with E-state index >= 15 is 0 Å². The van der Waals surface area contributed by atoms with Crippen molar-refractivity contribution in [3.05, 3.63) is 22.4 Å². The number of rotatable bonds is 5. The summed E-state index contributed by atoms with van der Waals surface area (Å²) in [4.78, 5) is 26.2. The molecule has 0 radical (unpaired) electrons. The lowest BCUT2D eigenvalue weighted by atomic mass is 10.00. The second-order valence-corrected chi connectivity index (χ2v) is 6.61. The Bertz CT molecular complexity index is 475. The molecule has 2 rings (SSSR count). The normalized spacial score (nSPS) is 20.0. The van der Waals surface area contributed by atoms with Gasteiger partial charge in [-0.15, -0.1) is 11.3 Å². The van der Waals surface area contributed by atoms with Crippen molar-refractivity contribution >= 4 is 23.3 Å². The molecule has 0 spiro atoms. The van der Waals surface area contributed by atoms with Crippen LogP contribution in [0, 0.1) is 0 Å². The molecule has 2 N–H and O–H groups in total. The molecule has 0 bridgehead atoms. The summed E-state index contributed by atoms with van der Waals surface area (Å²) < 4.78 is 0. The molecular formula is C15H22N2O3S. The van der Waals surface area contributed by atoms with Gasteiger partial charge in [-0.1, -0.05) is 6.07 Å². The Kier molecular flexibility index (Phi) is 5.61. The number of likely N-dealkylation sites (tertiary alicyclic amines) is 1. The molecule has 116 valence electrons. The molecule has 5 nitrogen and oxygen atoms in total. The molecule has 0 saturated carbocycles. The second kappa shape index (κ2) is 7.45. The Labute approximate surface area is 129 Å². The highest BCUT2D eigenvalue weighted by atomic mass is 32.1. The van der Waals surface area contributed by atoms with Crippen molar-refractivity contribution in [1.82, 2.24) is 10.2 Å². The van der Waals surface area contributed by atoms with E-state index in [2.05, 4.69) is 11.4 Å². The largest absolute Gasteiger partial charge is 0.481 e. The first-order valence-electron chi connectivity index (χ1n) is 7.37. The summed E-state index contributed by atoms with van der Waals surface area (Å²) in [6, 6.07) is 3.79. The minimum absolute atomic E-state index is 0.0344. The predicted molar refractivity (Wildman–Crippen MR) is 82.6 cm³/mol. The van der Waals surface area contributed by atoms with Crippen LogP contribution in [0.15, 0.2) is 17.5 Å². The summed E-state index contributed by atoms with van der Waals surface area (Å²) >= 11 is 1.68. The first-order valence-corrected chi connectivity index (χ1v) is 8.25. The van der Waals surface area contributed by atoms with Crippen molar-refractivity contribution in [3.8, 4) is 0 Å². The van der Waals surface area contributed by atoms with Crippen LogP contribution in [-0.2, 0) is 11.2 Å². The van der Waals surface area contributed by atoms with Gasteiger partial charge < -0.3 is 15.3 Å². The van der Waals surface area contributed by atoms with E-state index in [4.69, 9.17) is 5.11 Å². The number of nitrogens with zero attached hydrogens (tertiary/aromatic N) is 1. The van der Waals surface area contributed by atoms with Crippen molar-refractivity contribution < 1.29 is 14.7 Å². The van der Waals surface area contributed by atoms with Gasteiger partial charge in [-0.25, -0.2) is 4.79 Å². The average Bonchev–Trinajstić information content (AvgIpc) is 2.91. The Hall–Kier alpha value is -1.56. The lowest BCUT2D eigenvalue weighted by molar-refractivity contribution is -0.138. The van der Waals surface area contributed by atoms with E-state index in [1.54, 1.807) is 16.2 Å². The quantitative estimate of drug-likeness (QED) is 0.878. The molecule has 1 fully saturated rings. The summed E-state index contributed by atoms with van der Waals surface area (Å²) in [7, 11) is 0. The Balaban J connectivity index is 1.89. The molecule has 2 atom stereocenters. The smallest absolute Gasteiger partial charge is 0.317 e. The van der Waals surface area contributed by atoms with Gasteiger partial charge in [0.25, 0.3) is 0 Å². The van der Waals surface area contributed by atoms with Crippen LogP contribution in [0.3, 0.4) is 0 Å². The molecule has 0 aromatic carbocycles. The van der Waals surface area contributed by atoms with Crippen molar-refractivity contribution in [2.45, 2.75) is 51.1 Å². The first kappa shape index (κ1) is 15.8. The molecule has 1 aromatic heterocycles. The highest BCUT2D eigenvalue weighted by Gasteiger charge is 2.28. The van der Waals surface area contributed by atoms with Gasteiger partial charge in [0.05, 0.1) is 6.42 Å². The third kappa shape index (κ3) is 4.74. The maximum absolute atomic E-state index is 12.4. The zero-order valence-corrected chi connectivity index (χ0v) is 13.1. The molecular weight excluding hydrogens is 288 g/mol. The Morgan fingerprint density at radius 1 is 1.52 bits per heavy atom. The van der Waals surface area contributed by atoms with Crippen LogP contribution >= 0.6 is 11.3 Å². The number of carboxylic acids is 1. The fraction of sp³-hybridized carbons (Fsp3) is 0.600. The number of hydrogen-bond acceptors (Lipinski definition) is 3. The fourth-order valence-electron chi connectivity index (χ4n) is 2.76. The van der Waals surface area contributed by atoms with Gasteiger partial charge in [-0.05, 0) is 37.6 Å². The lowest BCUT2D eigenvalue weighted by Crippen LogP contribution is -2.51. The number of urea groups is 1. The van der Waals surface area contributed by atoms with E-state index in [-0.39, 0.29) is 24.5 Å². The van der Waals surface area contributed by atoms with Crippen molar-refractivity contribution in [3.63, 3.8) is 0 Å². The van der Waals surface area contributed by atoms with Gasteiger partial charge in [-0.2, -0.15) is 0 Å². The standard InChI is InChI=1S/C15H22N2O3S/c1-11(9-13-6-4-8-21-13)16-15(20)17-7-3-2-5-12(17)10-14(18)19/h4,6,8,11-12H,2-3,5,7,9-10H2,1H3,(H,16,20)(H,18,19). The zero-order valence-electron chi connectivity index (χ0n) is 12.2. The summed E-state index contributed by atoms with van der Waals surface area (Å²) in [5.41, 5.74) is 0. The number of carbonyl (C=O) groups is 2. The Morgan fingerprint density at radius 3 is 3.00 bits per heavy atom. The van der Waals surface area contributed by atoms with E-state index in [1.807, 2.05) is 18.4 Å². The highest BCUT2D eigenvalue weighted by Crippen LogP contribution is 2.20. The molecule has 0 aliphatic carbocycles. The molecule has 2 amide bonds. The summed E-state index contributed by atoms with van der Waals surface area (Å²) in [6.45, 7) is 2.63. The van der Waals surface area contributed by atoms with E-state index in [0.717, 1.165) is 25.7 Å². The van der Waals surface area contributed by atoms with E-state index in [1.165, 1.54) is 4.88 Å². The third-order valence-corrected chi connectivity index (χ3v) is 4.65. The van der Waals surface area contributed by atoms with E-state index in [0.29, 0.717) is 6.54 Å². The third-order valence-electron chi connectivity index (χ3n) is 3.76. The Morgan fingerprint density at radius 2 is 2.33 bits per heavy atom. The molecule has 1 aliphatic heterocycles. The maximum atomic E-state index is 12.4. The van der Waals surface area contributed by atoms with E-state index in [9.17, 15) is 9.59 Å². The summed E-state index contributed by atoms with van der Waals surface area (Å²) in [5.74, 6) is -0.841. The van der Waals surface area contributed by atoms with Gasteiger partial charge in [0.15, 0.2) is 0 Å². The van der Waals surface area contributed by atoms with Gasteiger partial charge in [0.1, 0.15) is 0 Å². The van der Waals surface area contributed by atoms with Crippen molar-refractivity contribution in [1.29, 1.82) is 0 Å². The average molecular weight is 310 g/mol. The molecule has 6 heteroatoms. The van der Waals surface area contributed by atoms with Crippen LogP contribution in [-0.4, -0.2) is 40.6 Å². The molecule has 2 heterocycles. The minimum atomic E-state index is -0.841. The highest BCUT2D eigenvalue weighted by molar-refractivity contribution is 7.09. The first-order chi connectivity index (χ1) is 10.1. The van der Waals surface area contributed by atoms with Crippen LogP contribution in [0.5, 0.6) is 0 Å². The molecule has 21 heavy (non-hydrogen) atoms. The fourth-order valence-corrected chi connectivity index (χ4v) is 3.59. The van der Waals surface area contributed by atoms with Crippen LogP contribution in [0.1, 0.15) is 37.5 Å². The second-order valence-electron chi connectivity index (χ2n) is 5.57. The van der Waals surface area contributed by atoms with Crippen LogP contribution < -0.4 is 5.32 Å². The SMILES string of the molecule is CC(Cc1cccs1)NC(=O)N1CCCCC1CC(=O)O. The van der Waals surface area contributed by atoms with Crippen molar-refractivity contribution in [2.24, 2.45) is 0 Å². The van der Waals surface area contributed by atoms with Crippen LogP contribution in [0.2, 0.25) is 0 Å². The number of nitrogens with one attached hydrogen (secondary N) is 1. The van der Waals surface area contributed by atoms with Gasteiger partial charge >= 0.3 is 12.0 Å². The summed E-state index contributed by atoms with van der Waals surface area (Å²) in [5, 5.41) is 14.0. The van der Waals surface area contributed by atoms with Crippen molar-refractivity contribution in [2.75, 3.05) is 6.54 Å². The number of carbonyl (C=O) groups excluding carboxylic acids is 1. The van der Waals surface area contributed by atoms with Crippen LogP contribution in [0.25, 0.3) is 0 Å². The topological polar surface area (TPSA) is 69.6 Å².